The van der Waals surface area contributed by atoms with Crippen LogP contribution in [0, 0.1) is 0 Å². The van der Waals surface area contributed by atoms with E-state index in [-0.39, 0.29) is 11.0 Å². The summed E-state index contributed by atoms with van der Waals surface area (Å²) in [5, 5.41) is 0.254. The van der Waals surface area contributed by atoms with Gasteiger partial charge in [-0.15, -0.1) is 0 Å². The molecule has 0 saturated carbocycles. The molecule has 0 fully saturated rings. The Bertz CT molecular complexity index is 434. The Hall–Kier alpha value is -0.583. The van der Waals surface area contributed by atoms with Crippen molar-refractivity contribution in [2.75, 3.05) is 13.7 Å². The van der Waals surface area contributed by atoms with E-state index in [1.807, 2.05) is 6.08 Å². The zero-order chi connectivity index (χ0) is 18.1. The van der Waals surface area contributed by atoms with Crippen molar-refractivity contribution in [3.63, 3.8) is 0 Å². The highest BCUT2D eigenvalue weighted by Gasteiger charge is 2.36. The summed E-state index contributed by atoms with van der Waals surface area (Å²) in [6.07, 6.45) is 5.55. The largest absolute Gasteiger partial charge is 0.466 e. The predicted molar refractivity (Wildman–Crippen MR) is 101 cm³/mol. The lowest BCUT2D eigenvalue weighted by Crippen LogP contribution is -2.40. The van der Waals surface area contributed by atoms with Crippen LogP contribution < -0.4 is 0 Å². The number of esters is 1. The van der Waals surface area contributed by atoms with Crippen LogP contribution in [0.5, 0.6) is 0 Å². The molecule has 0 aromatic heterocycles. The highest BCUT2D eigenvalue weighted by Crippen LogP contribution is 2.36. The van der Waals surface area contributed by atoms with Gasteiger partial charge in [-0.3, -0.25) is 0 Å². The Morgan fingerprint density at radius 1 is 1.22 bits per heavy atom. The second kappa shape index (κ2) is 10.3. The van der Waals surface area contributed by atoms with Gasteiger partial charge in [0.15, 0.2) is 8.32 Å². The number of methoxy groups -OCH3 is 1. The van der Waals surface area contributed by atoms with Gasteiger partial charge in [0.05, 0.1) is 7.11 Å². The molecule has 5 heteroatoms. The molecule has 0 heterocycles. The van der Waals surface area contributed by atoms with E-state index >= 15 is 0 Å². The summed E-state index contributed by atoms with van der Waals surface area (Å²) in [5.74, 6) is -0.290. The fraction of sp³-hybridized carbons (Fsp3) is 0.722. The van der Waals surface area contributed by atoms with Gasteiger partial charge in [-0.25, -0.2) is 4.79 Å². The molecule has 0 rings (SSSR count). The summed E-state index contributed by atoms with van der Waals surface area (Å²) in [6, 6.07) is 0. The average molecular weight is 361 g/mol. The van der Waals surface area contributed by atoms with Crippen LogP contribution in [0.1, 0.15) is 53.4 Å². The molecule has 0 bridgehead atoms. The topological polar surface area (TPSA) is 35.5 Å². The summed E-state index contributed by atoms with van der Waals surface area (Å²) < 4.78 is 10.8. The summed E-state index contributed by atoms with van der Waals surface area (Å²) in [7, 11) is -0.250. The van der Waals surface area contributed by atoms with Gasteiger partial charge in [0.25, 0.3) is 0 Å². The maximum absolute atomic E-state index is 11.3. The smallest absolute Gasteiger partial charge is 0.333 e. The maximum atomic E-state index is 11.3. The molecule has 0 saturated heterocycles. The number of allylic oxidation sites excluding steroid dienone is 2. The summed E-state index contributed by atoms with van der Waals surface area (Å²) in [4.78, 5) is 11.3. The van der Waals surface area contributed by atoms with E-state index in [1.165, 1.54) is 7.11 Å². The Labute approximate surface area is 148 Å². The Kier molecular flexibility index (Phi) is 10.1. The molecule has 0 N–H and O–H groups in total. The van der Waals surface area contributed by atoms with Crippen LogP contribution in [-0.2, 0) is 14.0 Å². The number of halogens is 1. The molecule has 0 unspecified atom stereocenters. The van der Waals surface area contributed by atoms with E-state index < -0.39 is 8.32 Å². The standard InChI is InChI=1S/C18H33ClO3Si/c1-15(17(20)21-5)11-12-16(14-19)10-8-9-13-22-23(6,7)18(2,3)4/h11,14H,8-10,12-13H2,1-7H3/b15-11+,16-14-. The fourth-order valence-electron chi connectivity index (χ4n) is 1.73. The van der Waals surface area contributed by atoms with Crippen molar-refractivity contribution < 1.29 is 14.0 Å². The number of unbranched alkanes of at least 4 members (excludes halogenated alkanes) is 1. The summed E-state index contributed by atoms with van der Waals surface area (Å²) in [5.41, 5.74) is 3.36. The lowest BCUT2D eigenvalue weighted by molar-refractivity contribution is -0.136. The van der Waals surface area contributed by atoms with Crippen molar-refractivity contribution in [2.45, 2.75) is 71.5 Å². The summed E-state index contributed by atoms with van der Waals surface area (Å²) in [6.45, 7) is 13.9. The third-order valence-electron chi connectivity index (χ3n) is 4.49. The predicted octanol–water partition coefficient (Wildman–Crippen LogP) is 5.81. The zero-order valence-electron chi connectivity index (χ0n) is 15.8. The number of carbonyl (C=O) groups is 1. The second-order valence-corrected chi connectivity index (χ2v) is 12.4. The molecule has 0 aliphatic carbocycles. The molecule has 0 aliphatic heterocycles. The minimum Gasteiger partial charge on any atom is -0.466 e. The number of hydrogen-bond acceptors (Lipinski definition) is 3. The molecule has 134 valence electrons. The van der Waals surface area contributed by atoms with Crippen LogP contribution in [0.2, 0.25) is 18.1 Å². The monoisotopic (exact) mass is 360 g/mol. The third-order valence-corrected chi connectivity index (χ3v) is 9.34. The molecule has 0 aromatic carbocycles. The minimum atomic E-state index is -1.64. The first-order chi connectivity index (χ1) is 10.5. The molecule has 23 heavy (non-hydrogen) atoms. The van der Waals surface area contributed by atoms with Crippen LogP contribution in [0.4, 0.5) is 0 Å². The van der Waals surface area contributed by atoms with Crippen molar-refractivity contribution in [3.05, 3.63) is 22.8 Å². The van der Waals surface area contributed by atoms with Gasteiger partial charge >= 0.3 is 5.97 Å². The highest BCUT2D eigenvalue weighted by molar-refractivity contribution is 6.74. The van der Waals surface area contributed by atoms with E-state index in [9.17, 15) is 4.79 Å². The maximum Gasteiger partial charge on any atom is 0.333 e. The normalized spacial score (nSPS) is 14.1. The molecule has 0 radical (unpaired) electrons. The minimum absolute atomic E-state index is 0.254. The van der Waals surface area contributed by atoms with Gasteiger partial charge in [-0.05, 0) is 50.7 Å². The van der Waals surface area contributed by atoms with Crippen LogP contribution in [-0.4, -0.2) is 28.0 Å². The number of carbonyl (C=O) groups excluding carboxylic acids is 1. The van der Waals surface area contributed by atoms with Crippen LogP contribution >= 0.6 is 11.6 Å². The zero-order valence-corrected chi connectivity index (χ0v) is 17.5. The Morgan fingerprint density at radius 3 is 2.30 bits per heavy atom. The quantitative estimate of drug-likeness (QED) is 0.225. The number of ether oxygens (including phenoxy) is 1. The molecular formula is C18H33ClO3Si. The first-order valence-corrected chi connectivity index (χ1v) is 11.6. The average Bonchev–Trinajstić information content (AvgIpc) is 2.47. The molecular weight excluding hydrogens is 328 g/mol. The molecule has 0 spiro atoms. The van der Waals surface area contributed by atoms with E-state index in [0.717, 1.165) is 31.4 Å². The SMILES string of the molecule is COC(=O)/C(C)=C/C/C(=C\Cl)CCCCO[Si](C)(C)C(C)(C)C. The first kappa shape index (κ1) is 22.4. The van der Waals surface area contributed by atoms with Crippen molar-refractivity contribution in [1.82, 2.24) is 0 Å². The molecule has 0 atom stereocenters. The van der Waals surface area contributed by atoms with Gasteiger partial charge in [-0.1, -0.05) is 44.0 Å². The summed E-state index contributed by atoms with van der Waals surface area (Å²) >= 11 is 5.88. The van der Waals surface area contributed by atoms with Crippen molar-refractivity contribution >= 4 is 25.9 Å². The van der Waals surface area contributed by atoms with Crippen molar-refractivity contribution in [3.8, 4) is 0 Å². The lowest BCUT2D eigenvalue weighted by atomic mass is 10.1. The van der Waals surface area contributed by atoms with Gasteiger partial charge in [0.1, 0.15) is 0 Å². The van der Waals surface area contributed by atoms with E-state index in [2.05, 4.69) is 38.6 Å². The third kappa shape index (κ3) is 8.73. The molecule has 3 nitrogen and oxygen atoms in total. The van der Waals surface area contributed by atoms with Gasteiger partial charge in [0.2, 0.25) is 0 Å². The number of hydrogen-bond donors (Lipinski definition) is 0. The van der Waals surface area contributed by atoms with E-state index in [4.69, 9.17) is 16.0 Å². The van der Waals surface area contributed by atoms with Crippen molar-refractivity contribution in [1.29, 1.82) is 0 Å². The van der Waals surface area contributed by atoms with Crippen LogP contribution in [0.3, 0.4) is 0 Å². The van der Waals surface area contributed by atoms with Gasteiger partial charge in [-0.2, -0.15) is 0 Å². The van der Waals surface area contributed by atoms with Crippen molar-refractivity contribution in [2.24, 2.45) is 0 Å². The molecule has 0 amide bonds. The van der Waals surface area contributed by atoms with E-state index in [0.29, 0.717) is 12.0 Å². The van der Waals surface area contributed by atoms with Crippen LogP contribution in [0.25, 0.3) is 0 Å². The number of rotatable bonds is 9. The fourth-order valence-corrected chi connectivity index (χ4v) is 3.01. The van der Waals surface area contributed by atoms with Gasteiger partial charge in [0, 0.05) is 17.7 Å². The first-order valence-electron chi connectivity index (χ1n) is 8.22. The molecule has 0 aromatic rings. The second-order valence-electron chi connectivity index (χ2n) is 7.42. The lowest BCUT2D eigenvalue weighted by Gasteiger charge is -2.36. The van der Waals surface area contributed by atoms with Gasteiger partial charge < -0.3 is 9.16 Å². The van der Waals surface area contributed by atoms with Crippen LogP contribution in [0.15, 0.2) is 22.8 Å². The Balaban J connectivity index is 4.15. The Morgan fingerprint density at radius 2 is 1.83 bits per heavy atom. The molecule has 0 aliphatic rings. The van der Waals surface area contributed by atoms with E-state index in [1.54, 1.807) is 12.5 Å². The highest BCUT2D eigenvalue weighted by atomic mass is 35.5.